The van der Waals surface area contributed by atoms with Gasteiger partial charge in [0.15, 0.2) is 5.60 Å². The van der Waals surface area contributed by atoms with Crippen LogP contribution in [0.25, 0.3) is 0 Å². The van der Waals surface area contributed by atoms with E-state index in [2.05, 4.69) is 6.58 Å². The molecule has 3 heteroatoms. The van der Waals surface area contributed by atoms with E-state index in [4.69, 9.17) is 9.84 Å². The van der Waals surface area contributed by atoms with Crippen molar-refractivity contribution in [1.82, 2.24) is 0 Å². The van der Waals surface area contributed by atoms with Crippen molar-refractivity contribution >= 4 is 5.97 Å². The van der Waals surface area contributed by atoms with Crippen LogP contribution in [0, 0.1) is 0 Å². The third kappa shape index (κ3) is 1.55. The first-order valence-electron chi connectivity index (χ1n) is 4.78. The van der Waals surface area contributed by atoms with Gasteiger partial charge in [-0.1, -0.05) is 36.4 Å². The van der Waals surface area contributed by atoms with Crippen LogP contribution in [0.1, 0.15) is 18.1 Å². The zero-order chi connectivity index (χ0) is 10.9. The van der Waals surface area contributed by atoms with Crippen LogP contribution in [0.15, 0.2) is 43.0 Å². The van der Waals surface area contributed by atoms with Gasteiger partial charge in [0.2, 0.25) is 0 Å². The Hall–Kier alpha value is -1.61. The molecule has 1 aromatic carbocycles. The minimum atomic E-state index is -1.08. The van der Waals surface area contributed by atoms with Crippen molar-refractivity contribution in [1.29, 1.82) is 0 Å². The van der Waals surface area contributed by atoms with Crippen LogP contribution in [0.3, 0.4) is 0 Å². The van der Waals surface area contributed by atoms with Gasteiger partial charge in [-0.3, -0.25) is 0 Å². The third-order valence-corrected chi connectivity index (χ3v) is 2.61. The molecule has 2 atom stereocenters. The molecule has 15 heavy (non-hydrogen) atoms. The number of carbonyl (C=O) groups is 1. The lowest BCUT2D eigenvalue weighted by molar-refractivity contribution is -0.143. The molecular formula is C12H12O3. The van der Waals surface area contributed by atoms with Crippen molar-refractivity contribution < 1.29 is 14.6 Å². The molecule has 1 aromatic rings. The molecule has 3 nitrogen and oxygen atoms in total. The van der Waals surface area contributed by atoms with Crippen LogP contribution in [-0.4, -0.2) is 16.7 Å². The Labute approximate surface area is 88.0 Å². The van der Waals surface area contributed by atoms with Crippen LogP contribution in [-0.2, 0) is 9.53 Å². The summed E-state index contributed by atoms with van der Waals surface area (Å²) in [5, 5.41) is 9.09. The molecule has 0 unspecified atom stereocenters. The lowest BCUT2D eigenvalue weighted by Gasteiger charge is -2.03. The Kier molecular flexibility index (Phi) is 2.32. The number of epoxide rings is 1. The minimum Gasteiger partial charge on any atom is -0.479 e. The minimum absolute atomic E-state index is 0.335. The van der Waals surface area contributed by atoms with E-state index >= 15 is 0 Å². The van der Waals surface area contributed by atoms with E-state index in [0.29, 0.717) is 6.42 Å². The summed E-state index contributed by atoms with van der Waals surface area (Å²) in [6.45, 7) is 3.55. The molecule has 0 saturated carbocycles. The number of carboxylic acid groups (broad SMARTS) is 1. The largest absolute Gasteiger partial charge is 0.479 e. The van der Waals surface area contributed by atoms with Crippen molar-refractivity contribution in [2.24, 2.45) is 0 Å². The SMILES string of the molecule is C=CC[C@@]1(C(=O)O)O[C@H]1c1ccccc1. The van der Waals surface area contributed by atoms with Gasteiger partial charge in [-0.25, -0.2) is 4.79 Å². The molecule has 1 heterocycles. The van der Waals surface area contributed by atoms with E-state index in [1.54, 1.807) is 6.08 Å². The number of rotatable bonds is 4. The molecule has 1 N–H and O–H groups in total. The summed E-state index contributed by atoms with van der Waals surface area (Å²) in [4.78, 5) is 11.1. The van der Waals surface area contributed by atoms with Gasteiger partial charge < -0.3 is 9.84 Å². The van der Waals surface area contributed by atoms with E-state index in [-0.39, 0.29) is 6.10 Å². The molecule has 1 aliphatic rings. The third-order valence-electron chi connectivity index (χ3n) is 2.61. The first-order valence-corrected chi connectivity index (χ1v) is 4.78. The van der Waals surface area contributed by atoms with Gasteiger partial charge in [0.25, 0.3) is 0 Å². The quantitative estimate of drug-likeness (QED) is 0.604. The lowest BCUT2D eigenvalue weighted by Crippen LogP contribution is -2.24. The maximum Gasteiger partial charge on any atom is 0.339 e. The standard InChI is InChI=1S/C12H12O3/c1-2-8-12(11(13)14)10(15-12)9-6-4-3-5-7-9/h2-7,10H,1,8H2,(H,13,14)/t10-,12+/m0/s1. The molecule has 0 radical (unpaired) electrons. The molecule has 0 bridgehead atoms. The van der Waals surface area contributed by atoms with Crippen molar-refractivity contribution in [2.45, 2.75) is 18.1 Å². The zero-order valence-corrected chi connectivity index (χ0v) is 8.22. The Morgan fingerprint density at radius 1 is 1.53 bits per heavy atom. The van der Waals surface area contributed by atoms with Crippen LogP contribution in [0.5, 0.6) is 0 Å². The van der Waals surface area contributed by atoms with E-state index in [1.807, 2.05) is 30.3 Å². The average Bonchev–Trinajstić information content (AvgIpc) is 2.96. The fourth-order valence-corrected chi connectivity index (χ4v) is 1.76. The molecule has 0 aromatic heterocycles. The number of benzene rings is 1. The van der Waals surface area contributed by atoms with E-state index in [1.165, 1.54) is 0 Å². The number of hydrogen-bond acceptors (Lipinski definition) is 2. The Morgan fingerprint density at radius 3 is 2.73 bits per heavy atom. The first kappa shape index (κ1) is 9.93. The van der Waals surface area contributed by atoms with Gasteiger partial charge in [-0.05, 0) is 5.56 Å². The summed E-state index contributed by atoms with van der Waals surface area (Å²) >= 11 is 0. The number of aliphatic carboxylic acids is 1. The molecule has 2 rings (SSSR count). The fraction of sp³-hybridized carbons (Fsp3) is 0.250. The Morgan fingerprint density at radius 2 is 2.20 bits per heavy atom. The average molecular weight is 204 g/mol. The summed E-state index contributed by atoms with van der Waals surface area (Å²) in [7, 11) is 0. The zero-order valence-electron chi connectivity index (χ0n) is 8.22. The number of ether oxygens (including phenoxy) is 1. The monoisotopic (exact) mass is 204 g/mol. The van der Waals surface area contributed by atoms with E-state index in [0.717, 1.165) is 5.56 Å². The highest BCUT2D eigenvalue weighted by atomic mass is 16.6. The first-order chi connectivity index (χ1) is 7.20. The Balaban J connectivity index is 2.22. The van der Waals surface area contributed by atoms with Crippen LogP contribution < -0.4 is 0 Å². The van der Waals surface area contributed by atoms with Crippen LogP contribution in [0.4, 0.5) is 0 Å². The Bertz CT molecular complexity index is 385. The van der Waals surface area contributed by atoms with Crippen molar-refractivity contribution in [2.75, 3.05) is 0 Å². The summed E-state index contributed by atoms with van der Waals surface area (Å²) in [6, 6.07) is 9.38. The molecule has 1 fully saturated rings. The van der Waals surface area contributed by atoms with E-state index in [9.17, 15) is 4.79 Å². The highest BCUT2D eigenvalue weighted by molar-refractivity contribution is 5.82. The fourth-order valence-electron chi connectivity index (χ4n) is 1.76. The molecular weight excluding hydrogens is 192 g/mol. The lowest BCUT2D eigenvalue weighted by atomic mass is 9.96. The number of hydrogen-bond donors (Lipinski definition) is 1. The smallest absolute Gasteiger partial charge is 0.339 e. The second kappa shape index (κ2) is 3.51. The molecule has 1 saturated heterocycles. The maximum atomic E-state index is 11.1. The highest BCUT2D eigenvalue weighted by Gasteiger charge is 2.62. The van der Waals surface area contributed by atoms with Crippen molar-refractivity contribution in [3.05, 3.63) is 48.6 Å². The molecule has 0 amide bonds. The molecule has 0 aliphatic carbocycles. The predicted molar refractivity (Wildman–Crippen MR) is 55.4 cm³/mol. The predicted octanol–water partition coefficient (Wildman–Crippen LogP) is 2.16. The second-order valence-electron chi connectivity index (χ2n) is 3.60. The number of carboxylic acids is 1. The normalized spacial score (nSPS) is 28.4. The molecule has 78 valence electrons. The maximum absolute atomic E-state index is 11.1. The van der Waals surface area contributed by atoms with Crippen LogP contribution in [0.2, 0.25) is 0 Å². The summed E-state index contributed by atoms with van der Waals surface area (Å²) in [6.07, 6.45) is 1.58. The van der Waals surface area contributed by atoms with Crippen molar-refractivity contribution in [3.63, 3.8) is 0 Å². The van der Waals surface area contributed by atoms with Crippen LogP contribution >= 0.6 is 0 Å². The second-order valence-corrected chi connectivity index (χ2v) is 3.60. The summed E-state index contributed by atoms with van der Waals surface area (Å²) in [5.74, 6) is -0.920. The molecule has 1 aliphatic heterocycles. The van der Waals surface area contributed by atoms with Crippen molar-refractivity contribution in [3.8, 4) is 0 Å². The molecule has 0 spiro atoms. The van der Waals surface area contributed by atoms with Gasteiger partial charge >= 0.3 is 5.97 Å². The summed E-state index contributed by atoms with van der Waals surface area (Å²) < 4.78 is 5.32. The van der Waals surface area contributed by atoms with Gasteiger partial charge in [0.05, 0.1) is 0 Å². The van der Waals surface area contributed by atoms with Gasteiger partial charge in [0, 0.05) is 6.42 Å². The van der Waals surface area contributed by atoms with Gasteiger partial charge in [0.1, 0.15) is 6.10 Å². The van der Waals surface area contributed by atoms with E-state index < -0.39 is 11.6 Å². The van der Waals surface area contributed by atoms with Gasteiger partial charge in [-0.15, -0.1) is 6.58 Å². The summed E-state index contributed by atoms with van der Waals surface area (Å²) in [5.41, 5.74) is -0.176. The topological polar surface area (TPSA) is 49.8 Å². The van der Waals surface area contributed by atoms with Gasteiger partial charge in [-0.2, -0.15) is 0 Å². The highest BCUT2D eigenvalue weighted by Crippen LogP contribution is 2.52.